The zero-order valence-electron chi connectivity index (χ0n) is 37.6. The van der Waals surface area contributed by atoms with Gasteiger partial charge in [-0.25, -0.2) is 57.0 Å². The summed E-state index contributed by atoms with van der Waals surface area (Å²) < 4.78 is 36.9. The van der Waals surface area contributed by atoms with Crippen LogP contribution in [-0.2, 0) is 53.1 Å². The van der Waals surface area contributed by atoms with Crippen molar-refractivity contribution in [2.24, 2.45) is 14.1 Å². The van der Waals surface area contributed by atoms with Gasteiger partial charge in [0.15, 0.2) is 34.5 Å². The van der Waals surface area contributed by atoms with Crippen LogP contribution in [0, 0.1) is 0 Å². The van der Waals surface area contributed by atoms with Crippen molar-refractivity contribution in [3.63, 3.8) is 0 Å². The number of allylic oxidation sites excluding steroid dienone is 3. The van der Waals surface area contributed by atoms with Crippen LogP contribution in [0.4, 0.5) is 0 Å². The van der Waals surface area contributed by atoms with Crippen LogP contribution in [0.3, 0.4) is 0 Å². The lowest BCUT2D eigenvalue weighted by molar-refractivity contribution is 0.249. The Kier molecular flexibility index (Phi) is 11.1. The number of aryl methyl sites for hydroxylation is 4. The summed E-state index contributed by atoms with van der Waals surface area (Å²) in [6, 6.07) is 9.38. The van der Waals surface area contributed by atoms with Crippen molar-refractivity contribution in [1.29, 1.82) is 0 Å². The number of hydrogen-bond donors (Lipinski definition) is 1. The van der Waals surface area contributed by atoms with Gasteiger partial charge in [0.05, 0.1) is 82.8 Å². The molecule has 2 atom stereocenters. The van der Waals surface area contributed by atoms with E-state index in [4.69, 9.17) is 23.7 Å². The molecule has 22 heteroatoms. The van der Waals surface area contributed by atoms with Gasteiger partial charge in [0.2, 0.25) is 0 Å². The van der Waals surface area contributed by atoms with Crippen LogP contribution in [-0.4, -0.2) is 87.6 Å². The minimum Gasteiger partial charge on any atom is -0.504 e. The molecule has 1 N–H and O–H groups in total. The Labute approximate surface area is 378 Å². The quantitative estimate of drug-likeness (QED) is 0.160. The van der Waals surface area contributed by atoms with E-state index >= 15 is 0 Å². The first-order valence-electron chi connectivity index (χ1n) is 21.1. The predicted molar refractivity (Wildman–Crippen MR) is 243 cm³/mol. The highest BCUT2D eigenvalue weighted by molar-refractivity contribution is 5.80. The van der Waals surface area contributed by atoms with Crippen molar-refractivity contribution in [2.75, 3.05) is 35.5 Å². The maximum Gasteiger partial charge on any atom is 0.348 e. The Morgan fingerprint density at radius 2 is 1.12 bits per heavy atom. The number of aromatic nitrogens is 10. The molecule has 348 valence electrons. The SMILES string of the molecule is COc1cc(C=CC2C3=CCn4c(=O)n(CCc5nc6cc(OC)c(OC)cc6n(C)c5=O)c(=O)n4C3Cn3c(=O)n(CCc4nc5cc(OC)c(OC)cc5n(C)c4=O)c(=O)n32)ccc1O. The highest BCUT2D eigenvalue weighted by Crippen LogP contribution is 2.37. The standard InChI is InChI=1S/C45H46N10O12/c1-48-31-21-38(66-6)36(64-4)19-28(31)46-26(40(48)57)13-15-50-42(59)52-17-12-25-30(10-8-24-9-11-34(56)35(18-24)63-3)54-44(61)51(43(60)53(54)23-33(25)55(52)45(50)62)16-14-27-41(58)49(2)32-22-39(67-7)37(65-5)20-29(32)47-27/h8-12,18-22,30,33,56H,13-17,23H2,1-7H3. The average Bonchev–Trinajstić information content (AvgIpc) is 3.73. The van der Waals surface area contributed by atoms with Crippen molar-refractivity contribution in [2.45, 2.75) is 51.1 Å². The largest absolute Gasteiger partial charge is 0.504 e. The van der Waals surface area contributed by atoms with E-state index in [-0.39, 0.29) is 61.9 Å². The Hall–Kier alpha value is -8.30. The first-order chi connectivity index (χ1) is 32.2. The van der Waals surface area contributed by atoms with Crippen LogP contribution >= 0.6 is 0 Å². The number of hydrogen-bond acceptors (Lipinski definition) is 14. The second kappa shape index (κ2) is 16.9. The number of ether oxygens (including phenoxy) is 5. The van der Waals surface area contributed by atoms with Crippen LogP contribution < -0.4 is 57.6 Å². The molecule has 7 aromatic rings. The summed E-state index contributed by atoms with van der Waals surface area (Å²) in [6.07, 6.45) is 4.98. The zero-order chi connectivity index (χ0) is 47.6. The van der Waals surface area contributed by atoms with Gasteiger partial charge in [-0.2, -0.15) is 0 Å². The van der Waals surface area contributed by atoms with Crippen molar-refractivity contribution in [3.8, 4) is 34.5 Å². The van der Waals surface area contributed by atoms with Gasteiger partial charge >= 0.3 is 22.8 Å². The Morgan fingerprint density at radius 3 is 1.64 bits per heavy atom. The molecule has 0 radical (unpaired) electrons. The lowest BCUT2D eigenvalue weighted by atomic mass is 9.94. The van der Waals surface area contributed by atoms with Crippen molar-refractivity contribution < 1.29 is 28.8 Å². The number of rotatable bonds is 13. The second-order valence-corrected chi connectivity index (χ2v) is 16.0. The molecule has 2 unspecified atom stereocenters. The van der Waals surface area contributed by atoms with Gasteiger partial charge in [-0.3, -0.25) is 9.59 Å². The smallest absolute Gasteiger partial charge is 0.348 e. The molecule has 9 rings (SSSR count). The van der Waals surface area contributed by atoms with Crippen molar-refractivity contribution in [1.82, 2.24) is 47.0 Å². The zero-order valence-corrected chi connectivity index (χ0v) is 37.6. The molecule has 3 aromatic carbocycles. The third kappa shape index (κ3) is 7.11. The predicted octanol–water partition coefficient (Wildman–Crippen LogP) is 1.11. The fourth-order valence-corrected chi connectivity index (χ4v) is 9.02. The maximum atomic E-state index is 14.5. The lowest BCUT2D eigenvalue weighted by Crippen LogP contribution is -2.46. The van der Waals surface area contributed by atoms with E-state index < -0.39 is 46.0 Å². The molecule has 22 nitrogen and oxygen atoms in total. The molecule has 0 saturated carbocycles. The first-order valence-corrected chi connectivity index (χ1v) is 21.1. The molecule has 6 heterocycles. The normalized spacial score (nSPS) is 15.4. The third-order valence-corrected chi connectivity index (χ3v) is 12.5. The Bertz CT molecular complexity index is 3620. The number of phenolic OH excluding ortho intramolecular Hbond substituents is 1. The average molecular weight is 919 g/mol. The summed E-state index contributed by atoms with van der Waals surface area (Å²) in [5.41, 5.74) is -0.353. The molecule has 0 spiro atoms. The van der Waals surface area contributed by atoms with Crippen molar-refractivity contribution in [3.05, 3.63) is 140 Å². The fraction of sp³-hybridized carbons (Fsp3) is 0.333. The number of methoxy groups -OCH3 is 5. The minimum atomic E-state index is -0.950. The van der Waals surface area contributed by atoms with Crippen LogP contribution in [0.15, 0.2) is 89.0 Å². The molecule has 67 heavy (non-hydrogen) atoms. The maximum absolute atomic E-state index is 14.5. The minimum absolute atomic E-state index is 0.0465. The van der Waals surface area contributed by atoms with Crippen LogP contribution in [0.2, 0.25) is 0 Å². The van der Waals surface area contributed by atoms with Gasteiger partial charge < -0.3 is 37.9 Å². The Balaban J connectivity index is 1.09. The third-order valence-electron chi connectivity index (χ3n) is 12.5. The molecule has 0 saturated heterocycles. The summed E-state index contributed by atoms with van der Waals surface area (Å²) in [5, 5.41) is 10.2. The molecule has 2 aliphatic heterocycles. The number of nitrogens with zero attached hydrogens (tertiary/aromatic N) is 10. The molecule has 0 fully saturated rings. The highest BCUT2D eigenvalue weighted by Gasteiger charge is 2.40. The van der Waals surface area contributed by atoms with Crippen LogP contribution in [0.1, 0.15) is 29.0 Å². The monoisotopic (exact) mass is 918 g/mol. The topological polar surface area (TPSA) is 234 Å². The molecular formula is C45H46N10O12. The number of benzene rings is 3. The van der Waals surface area contributed by atoms with Gasteiger partial charge in [0, 0.05) is 64.3 Å². The number of aromatic hydroxyl groups is 1. The van der Waals surface area contributed by atoms with Gasteiger partial charge in [-0.05, 0) is 23.3 Å². The summed E-state index contributed by atoms with van der Waals surface area (Å²) in [6.45, 7) is -0.660. The van der Waals surface area contributed by atoms with Crippen molar-refractivity contribution >= 4 is 28.1 Å². The summed E-state index contributed by atoms with van der Waals surface area (Å²) in [4.78, 5) is 93.7. The van der Waals surface area contributed by atoms with Gasteiger partial charge in [-0.15, -0.1) is 0 Å². The summed E-state index contributed by atoms with van der Waals surface area (Å²) in [7, 11) is 10.5. The van der Waals surface area contributed by atoms with E-state index in [9.17, 15) is 33.9 Å². The second-order valence-electron chi connectivity index (χ2n) is 16.0. The molecule has 4 aromatic heterocycles. The summed E-state index contributed by atoms with van der Waals surface area (Å²) in [5.74, 6) is 1.76. The van der Waals surface area contributed by atoms with E-state index in [1.807, 2.05) is 0 Å². The van der Waals surface area contributed by atoms with E-state index in [1.165, 1.54) is 69.5 Å². The van der Waals surface area contributed by atoms with E-state index in [0.29, 0.717) is 56.2 Å². The number of fused-ring (bicyclic) bond motifs is 6. The molecule has 0 aliphatic carbocycles. The highest BCUT2D eigenvalue weighted by atomic mass is 16.5. The van der Waals surface area contributed by atoms with E-state index in [2.05, 4.69) is 9.97 Å². The van der Waals surface area contributed by atoms with Crippen LogP contribution in [0.5, 0.6) is 34.5 Å². The van der Waals surface area contributed by atoms with E-state index in [1.54, 1.807) is 68.7 Å². The molecule has 2 aliphatic rings. The molecular weight excluding hydrogens is 873 g/mol. The van der Waals surface area contributed by atoms with Crippen LogP contribution in [0.25, 0.3) is 28.1 Å². The lowest BCUT2D eigenvalue weighted by Gasteiger charge is -2.36. The number of phenols is 1. The fourth-order valence-electron chi connectivity index (χ4n) is 9.02. The summed E-state index contributed by atoms with van der Waals surface area (Å²) >= 11 is 0. The molecule has 0 amide bonds. The van der Waals surface area contributed by atoms with Gasteiger partial charge in [0.1, 0.15) is 11.4 Å². The van der Waals surface area contributed by atoms with Gasteiger partial charge in [-0.1, -0.05) is 24.3 Å². The first kappa shape index (κ1) is 43.9. The van der Waals surface area contributed by atoms with E-state index in [0.717, 1.165) is 9.13 Å². The molecule has 0 bridgehead atoms. The van der Waals surface area contributed by atoms with Gasteiger partial charge in [0.25, 0.3) is 11.1 Å². The Morgan fingerprint density at radius 1 is 0.627 bits per heavy atom.